The summed E-state index contributed by atoms with van der Waals surface area (Å²) in [5, 5.41) is 6.51. The highest BCUT2D eigenvalue weighted by atomic mass is 16.5. The van der Waals surface area contributed by atoms with E-state index in [1.54, 1.807) is 7.11 Å². The van der Waals surface area contributed by atoms with Crippen molar-refractivity contribution in [1.82, 2.24) is 10.6 Å². The zero-order valence-corrected chi connectivity index (χ0v) is 10.4. The molecule has 0 saturated heterocycles. The highest BCUT2D eigenvalue weighted by molar-refractivity contribution is 5.35. The molecule has 0 amide bonds. The number of nitrogens with one attached hydrogen (secondary N) is 2. The summed E-state index contributed by atoms with van der Waals surface area (Å²) in [5.74, 6) is 0.964. The van der Waals surface area contributed by atoms with Gasteiger partial charge in [0.1, 0.15) is 5.75 Å². The van der Waals surface area contributed by atoms with Crippen LogP contribution in [0.5, 0.6) is 5.75 Å². The fraction of sp³-hybridized carbons (Fsp3) is 0.538. The molecule has 1 rings (SSSR count). The Morgan fingerprint density at radius 2 is 2.00 bits per heavy atom. The van der Waals surface area contributed by atoms with E-state index in [-0.39, 0.29) is 0 Å². The van der Waals surface area contributed by atoms with Gasteiger partial charge in [-0.1, -0.05) is 18.2 Å². The van der Waals surface area contributed by atoms with Crippen molar-refractivity contribution in [2.24, 2.45) is 0 Å². The Labute approximate surface area is 98.2 Å². The van der Waals surface area contributed by atoms with Crippen molar-refractivity contribution in [3.8, 4) is 5.75 Å². The molecule has 1 aromatic carbocycles. The maximum atomic E-state index is 5.38. The van der Waals surface area contributed by atoms with E-state index in [2.05, 4.69) is 22.8 Å². The summed E-state index contributed by atoms with van der Waals surface area (Å²) in [5.41, 5.74) is 1.24. The number of hydrogen-bond acceptors (Lipinski definition) is 3. The molecule has 2 N–H and O–H groups in total. The standard InChI is InChI=1S/C13H22N2O/c1-14-10-6-8-12(15-2)11-7-4-5-9-13(11)16-3/h4-5,7,9,12,14-15H,6,8,10H2,1-3H3. The predicted molar refractivity (Wildman–Crippen MR) is 68.0 cm³/mol. The molecule has 16 heavy (non-hydrogen) atoms. The van der Waals surface area contributed by atoms with Gasteiger partial charge in [-0.15, -0.1) is 0 Å². The summed E-state index contributed by atoms with van der Waals surface area (Å²) in [6.07, 6.45) is 2.26. The molecule has 1 atom stereocenters. The molecule has 0 radical (unpaired) electrons. The molecule has 3 nitrogen and oxygen atoms in total. The Hall–Kier alpha value is -1.06. The van der Waals surface area contributed by atoms with Crippen LogP contribution in [-0.2, 0) is 0 Å². The van der Waals surface area contributed by atoms with Crippen LogP contribution in [0.1, 0.15) is 24.4 Å². The Kier molecular flexibility index (Phi) is 5.90. The fourth-order valence-corrected chi connectivity index (χ4v) is 1.89. The lowest BCUT2D eigenvalue weighted by Gasteiger charge is -2.19. The normalized spacial score (nSPS) is 12.4. The lowest BCUT2D eigenvalue weighted by atomic mass is 10.0. The van der Waals surface area contributed by atoms with Crippen LogP contribution in [0.3, 0.4) is 0 Å². The van der Waals surface area contributed by atoms with Gasteiger partial charge in [0.05, 0.1) is 7.11 Å². The van der Waals surface area contributed by atoms with E-state index in [0.29, 0.717) is 6.04 Å². The third-order valence-electron chi connectivity index (χ3n) is 2.78. The molecule has 0 aliphatic carbocycles. The minimum absolute atomic E-state index is 0.365. The number of benzene rings is 1. The van der Waals surface area contributed by atoms with Crippen LogP contribution < -0.4 is 15.4 Å². The molecule has 0 spiro atoms. The van der Waals surface area contributed by atoms with E-state index in [1.807, 2.05) is 26.2 Å². The number of rotatable bonds is 7. The van der Waals surface area contributed by atoms with Crippen LogP contribution in [0, 0.1) is 0 Å². The third kappa shape index (κ3) is 3.51. The van der Waals surface area contributed by atoms with Crippen molar-refractivity contribution in [1.29, 1.82) is 0 Å². The van der Waals surface area contributed by atoms with E-state index >= 15 is 0 Å². The van der Waals surface area contributed by atoms with Gasteiger partial charge < -0.3 is 15.4 Å². The lowest BCUT2D eigenvalue weighted by Crippen LogP contribution is -2.19. The summed E-state index contributed by atoms with van der Waals surface area (Å²) < 4.78 is 5.38. The first-order valence-corrected chi connectivity index (χ1v) is 5.78. The summed E-state index contributed by atoms with van der Waals surface area (Å²) in [4.78, 5) is 0. The van der Waals surface area contributed by atoms with Gasteiger partial charge in [0.2, 0.25) is 0 Å². The topological polar surface area (TPSA) is 33.3 Å². The van der Waals surface area contributed by atoms with Gasteiger partial charge in [0, 0.05) is 11.6 Å². The second-order valence-electron chi connectivity index (χ2n) is 3.83. The van der Waals surface area contributed by atoms with Crippen molar-refractivity contribution in [2.45, 2.75) is 18.9 Å². The van der Waals surface area contributed by atoms with Crippen LogP contribution in [0.15, 0.2) is 24.3 Å². The molecule has 0 heterocycles. The first kappa shape index (κ1) is 13.0. The zero-order valence-electron chi connectivity index (χ0n) is 10.4. The molecule has 0 aliphatic rings. The summed E-state index contributed by atoms with van der Waals surface area (Å²) in [6, 6.07) is 8.56. The molecule has 3 heteroatoms. The van der Waals surface area contributed by atoms with Crippen LogP contribution >= 0.6 is 0 Å². The predicted octanol–water partition coefficient (Wildman–Crippen LogP) is 1.96. The van der Waals surface area contributed by atoms with E-state index in [1.165, 1.54) is 5.56 Å². The van der Waals surface area contributed by atoms with Crippen LogP contribution in [0.2, 0.25) is 0 Å². The quantitative estimate of drug-likeness (QED) is 0.692. The van der Waals surface area contributed by atoms with Crippen molar-refractivity contribution in [3.05, 3.63) is 29.8 Å². The molecular formula is C13H22N2O. The molecule has 1 unspecified atom stereocenters. The van der Waals surface area contributed by atoms with E-state index in [9.17, 15) is 0 Å². The maximum absolute atomic E-state index is 5.38. The Morgan fingerprint density at radius 1 is 1.25 bits per heavy atom. The van der Waals surface area contributed by atoms with Crippen molar-refractivity contribution >= 4 is 0 Å². The molecule has 0 bridgehead atoms. The van der Waals surface area contributed by atoms with Gasteiger partial charge in [-0.25, -0.2) is 0 Å². The SMILES string of the molecule is CNCCCC(NC)c1ccccc1OC. The number of ether oxygens (including phenoxy) is 1. The summed E-state index contributed by atoms with van der Waals surface area (Å²) in [6.45, 7) is 1.05. The van der Waals surface area contributed by atoms with Gasteiger partial charge in [0.25, 0.3) is 0 Å². The second-order valence-corrected chi connectivity index (χ2v) is 3.83. The number of hydrogen-bond donors (Lipinski definition) is 2. The first-order valence-electron chi connectivity index (χ1n) is 5.78. The Morgan fingerprint density at radius 3 is 2.62 bits per heavy atom. The Bertz CT molecular complexity index is 302. The van der Waals surface area contributed by atoms with Gasteiger partial charge >= 0.3 is 0 Å². The van der Waals surface area contributed by atoms with E-state index in [0.717, 1.165) is 25.1 Å². The molecule has 1 aromatic rings. The van der Waals surface area contributed by atoms with Gasteiger partial charge in [-0.3, -0.25) is 0 Å². The first-order chi connectivity index (χ1) is 7.83. The highest BCUT2D eigenvalue weighted by Gasteiger charge is 2.12. The minimum Gasteiger partial charge on any atom is -0.496 e. The molecule has 0 fully saturated rings. The smallest absolute Gasteiger partial charge is 0.123 e. The Balaban J connectivity index is 2.69. The monoisotopic (exact) mass is 222 g/mol. The maximum Gasteiger partial charge on any atom is 0.123 e. The van der Waals surface area contributed by atoms with Gasteiger partial charge in [-0.05, 0) is 39.5 Å². The number of methoxy groups -OCH3 is 1. The number of para-hydroxylation sites is 1. The third-order valence-corrected chi connectivity index (χ3v) is 2.78. The van der Waals surface area contributed by atoms with Crippen LogP contribution in [0.4, 0.5) is 0 Å². The largest absolute Gasteiger partial charge is 0.496 e. The minimum atomic E-state index is 0.365. The molecule has 90 valence electrons. The van der Waals surface area contributed by atoms with Crippen LogP contribution in [-0.4, -0.2) is 27.7 Å². The van der Waals surface area contributed by atoms with Crippen molar-refractivity contribution in [3.63, 3.8) is 0 Å². The average molecular weight is 222 g/mol. The van der Waals surface area contributed by atoms with E-state index < -0.39 is 0 Å². The average Bonchev–Trinajstić information content (AvgIpc) is 2.35. The molecule has 0 aromatic heterocycles. The fourth-order valence-electron chi connectivity index (χ4n) is 1.89. The molecule has 0 aliphatic heterocycles. The van der Waals surface area contributed by atoms with Crippen molar-refractivity contribution in [2.75, 3.05) is 27.7 Å². The second kappa shape index (κ2) is 7.25. The zero-order chi connectivity index (χ0) is 11.8. The summed E-state index contributed by atoms with van der Waals surface area (Å²) >= 11 is 0. The van der Waals surface area contributed by atoms with Gasteiger partial charge in [0.15, 0.2) is 0 Å². The van der Waals surface area contributed by atoms with Crippen molar-refractivity contribution < 1.29 is 4.74 Å². The molecule has 0 saturated carbocycles. The van der Waals surface area contributed by atoms with E-state index in [4.69, 9.17) is 4.74 Å². The molecular weight excluding hydrogens is 200 g/mol. The lowest BCUT2D eigenvalue weighted by molar-refractivity contribution is 0.397. The van der Waals surface area contributed by atoms with Crippen LogP contribution in [0.25, 0.3) is 0 Å². The van der Waals surface area contributed by atoms with Gasteiger partial charge in [-0.2, -0.15) is 0 Å². The highest BCUT2D eigenvalue weighted by Crippen LogP contribution is 2.27. The summed E-state index contributed by atoms with van der Waals surface area (Å²) in [7, 11) is 5.70.